The van der Waals surface area contributed by atoms with Crippen LogP contribution in [0.4, 0.5) is 10.3 Å². The van der Waals surface area contributed by atoms with E-state index in [0.29, 0.717) is 28.2 Å². The summed E-state index contributed by atoms with van der Waals surface area (Å²) >= 11 is 0. The second kappa shape index (κ2) is 4.95. The highest BCUT2D eigenvalue weighted by Gasteiger charge is 2.18. The van der Waals surface area contributed by atoms with Crippen molar-refractivity contribution < 1.29 is 18.4 Å². The van der Waals surface area contributed by atoms with Crippen LogP contribution in [0.5, 0.6) is 11.5 Å². The number of nitrogens with zero attached hydrogens (tertiary/aromatic N) is 1. The van der Waals surface area contributed by atoms with Gasteiger partial charge in [0, 0.05) is 5.56 Å². The number of hydrogen-bond acceptors (Lipinski definition) is 5. The first kappa shape index (κ1) is 12.2. The van der Waals surface area contributed by atoms with E-state index in [1.807, 2.05) is 0 Å². The van der Waals surface area contributed by atoms with Gasteiger partial charge in [0.25, 0.3) is 0 Å². The lowest BCUT2D eigenvalue weighted by atomic mass is 10.0. The first-order valence-electron chi connectivity index (χ1n) is 5.22. The molecule has 5 nitrogen and oxygen atoms in total. The van der Waals surface area contributed by atoms with Gasteiger partial charge in [-0.15, -0.1) is 0 Å². The highest BCUT2D eigenvalue weighted by molar-refractivity contribution is 5.80. The van der Waals surface area contributed by atoms with Gasteiger partial charge in [-0.05, 0) is 17.7 Å². The van der Waals surface area contributed by atoms with E-state index in [0.717, 1.165) is 0 Å². The monoisotopic (exact) mass is 252 g/mol. The fourth-order valence-electron chi connectivity index (χ4n) is 1.75. The van der Waals surface area contributed by atoms with Crippen molar-refractivity contribution in [3.63, 3.8) is 0 Å². The van der Waals surface area contributed by atoms with Crippen molar-refractivity contribution in [1.29, 1.82) is 0 Å². The molecule has 0 unspecified atom stereocenters. The smallest absolute Gasteiger partial charge is 0.230 e. The average molecular weight is 252 g/mol. The van der Waals surface area contributed by atoms with Crippen LogP contribution in [0.2, 0.25) is 0 Å². The maximum Gasteiger partial charge on any atom is 0.230 e. The minimum absolute atomic E-state index is 0.145. The second-order valence-electron chi connectivity index (χ2n) is 3.62. The highest BCUT2D eigenvalue weighted by atomic mass is 19.1. The second-order valence-corrected chi connectivity index (χ2v) is 3.62. The minimum atomic E-state index is -0.613. The van der Waals surface area contributed by atoms with Crippen LogP contribution in [-0.2, 0) is 6.67 Å². The van der Waals surface area contributed by atoms with Gasteiger partial charge in [-0.2, -0.15) is 0 Å². The van der Waals surface area contributed by atoms with Crippen molar-refractivity contribution in [3.05, 3.63) is 23.9 Å². The number of rotatable bonds is 4. The summed E-state index contributed by atoms with van der Waals surface area (Å²) in [5.41, 5.74) is 7.25. The first-order chi connectivity index (χ1) is 8.71. The molecule has 0 saturated heterocycles. The van der Waals surface area contributed by atoms with E-state index in [2.05, 4.69) is 5.16 Å². The maximum atomic E-state index is 12.8. The minimum Gasteiger partial charge on any atom is -0.493 e. The third-order valence-electron chi connectivity index (χ3n) is 2.58. The third-order valence-corrected chi connectivity index (χ3v) is 2.58. The number of hydrogen-bond donors (Lipinski definition) is 1. The number of ether oxygens (including phenoxy) is 2. The van der Waals surface area contributed by atoms with E-state index in [1.54, 1.807) is 12.1 Å². The molecule has 0 aliphatic carbocycles. The van der Waals surface area contributed by atoms with E-state index < -0.39 is 6.67 Å². The largest absolute Gasteiger partial charge is 0.493 e. The Hall–Kier alpha value is -2.24. The van der Waals surface area contributed by atoms with E-state index in [1.165, 1.54) is 20.4 Å². The molecule has 1 aromatic carbocycles. The average Bonchev–Trinajstić information content (AvgIpc) is 2.83. The predicted molar refractivity (Wildman–Crippen MR) is 64.3 cm³/mol. The molecule has 0 spiro atoms. The van der Waals surface area contributed by atoms with Crippen LogP contribution in [-0.4, -0.2) is 19.4 Å². The van der Waals surface area contributed by atoms with E-state index in [-0.39, 0.29) is 5.88 Å². The zero-order valence-corrected chi connectivity index (χ0v) is 10.1. The normalized spacial score (nSPS) is 10.4. The standard InChI is InChI=1S/C12H13FN2O3/c1-16-10-4-7(5-13)3-8(11(10)17-2)9-6-15-18-12(9)14/h3-4,6H,5,14H2,1-2H3. The van der Waals surface area contributed by atoms with Crippen LogP contribution in [0.1, 0.15) is 5.56 Å². The number of benzene rings is 1. The van der Waals surface area contributed by atoms with E-state index >= 15 is 0 Å². The molecular weight excluding hydrogens is 239 g/mol. The van der Waals surface area contributed by atoms with Crippen molar-refractivity contribution in [1.82, 2.24) is 5.16 Å². The summed E-state index contributed by atoms with van der Waals surface area (Å²) in [5.74, 6) is 1.04. The van der Waals surface area contributed by atoms with Crippen molar-refractivity contribution in [2.24, 2.45) is 0 Å². The Bertz CT molecular complexity index is 554. The van der Waals surface area contributed by atoms with Gasteiger partial charge >= 0.3 is 0 Å². The molecule has 0 aliphatic rings. The first-order valence-corrected chi connectivity index (χ1v) is 5.22. The number of anilines is 1. The molecule has 0 bridgehead atoms. The Balaban J connectivity index is 2.67. The molecule has 0 aliphatic heterocycles. The Labute approximate surface area is 103 Å². The summed E-state index contributed by atoms with van der Waals surface area (Å²) in [7, 11) is 2.99. The molecule has 6 heteroatoms. The summed E-state index contributed by atoms with van der Waals surface area (Å²) in [4.78, 5) is 0. The molecule has 18 heavy (non-hydrogen) atoms. The number of alkyl halides is 1. The Morgan fingerprint density at radius 2 is 2.06 bits per heavy atom. The summed E-state index contributed by atoms with van der Waals surface area (Å²) in [6, 6.07) is 3.20. The van der Waals surface area contributed by atoms with Gasteiger partial charge in [-0.3, -0.25) is 0 Å². The molecule has 1 aromatic heterocycles. The Morgan fingerprint density at radius 3 is 2.56 bits per heavy atom. The maximum absolute atomic E-state index is 12.8. The summed E-state index contributed by atoms with van der Waals surface area (Å²) in [5, 5.41) is 3.59. The lowest BCUT2D eigenvalue weighted by molar-refractivity contribution is 0.354. The van der Waals surface area contributed by atoms with Crippen LogP contribution in [0.25, 0.3) is 11.1 Å². The van der Waals surface area contributed by atoms with Gasteiger partial charge in [0.05, 0.1) is 26.0 Å². The molecule has 2 rings (SSSR count). The van der Waals surface area contributed by atoms with Gasteiger partial charge in [-0.1, -0.05) is 5.16 Å². The molecule has 96 valence electrons. The number of methoxy groups -OCH3 is 2. The Morgan fingerprint density at radius 1 is 1.28 bits per heavy atom. The van der Waals surface area contributed by atoms with Crippen LogP contribution < -0.4 is 15.2 Å². The quantitative estimate of drug-likeness (QED) is 0.904. The van der Waals surface area contributed by atoms with Crippen molar-refractivity contribution >= 4 is 5.88 Å². The molecule has 0 amide bonds. The molecule has 2 aromatic rings. The highest BCUT2D eigenvalue weighted by Crippen LogP contribution is 2.41. The van der Waals surface area contributed by atoms with Crippen LogP contribution in [0.15, 0.2) is 22.9 Å². The molecule has 0 fully saturated rings. The molecular formula is C12H13FN2O3. The summed E-state index contributed by atoms with van der Waals surface area (Å²) < 4.78 is 28.1. The summed E-state index contributed by atoms with van der Waals surface area (Å²) in [6.07, 6.45) is 1.45. The molecule has 1 heterocycles. The van der Waals surface area contributed by atoms with E-state index in [9.17, 15) is 4.39 Å². The molecule has 0 saturated carbocycles. The third kappa shape index (κ3) is 1.97. The predicted octanol–water partition coefficient (Wildman–Crippen LogP) is 2.41. The van der Waals surface area contributed by atoms with Gasteiger partial charge in [0.2, 0.25) is 5.88 Å². The lowest BCUT2D eigenvalue weighted by Gasteiger charge is -2.13. The van der Waals surface area contributed by atoms with Gasteiger partial charge in [0.15, 0.2) is 11.5 Å². The number of nitrogens with two attached hydrogens (primary N) is 1. The van der Waals surface area contributed by atoms with Crippen molar-refractivity contribution in [2.75, 3.05) is 20.0 Å². The van der Waals surface area contributed by atoms with Gasteiger partial charge in [-0.25, -0.2) is 4.39 Å². The Kier molecular flexibility index (Phi) is 3.36. The van der Waals surface area contributed by atoms with Crippen molar-refractivity contribution in [2.45, 2.75) is 6.67 Å². The number of aromatic nitrogens is 1. The van der Waals surface area contributed by atoms with Crippen LogP contribution >= 0.6 is 0 Å². The number of halogens is 1. The molecule has 0 atom stereocenters. The summed E-state index contributed by atoms with van der Waals surface area (Å²) in [6.45, 7) is -0.613. The fraction of sp³-hybridized carbons (Fsp3) is 0.250. The van der Waals surface area contributed by atoms with Gasteiger partial charge < -0.3 is 19.7 Å². The molecule has 2 N–H and O–H groups in total. The molecule has 0 radical (unpaired) electrons. The van der Waals surface area contributed by atoms with Crippen molar-refractivity contribution in [3.8, 4) is 22.6 Å². The van der Waals surface area contributed by atoms with Crippen LogP contribution in [0.3, 0.4) is 0 Å². The topological polar surface area (TPSA) is 70.5 Å². The fourth-order valence-corrected chi connectivity index (χ4v) is 1.75. The van der Waals surface area contributed by atoms with E-state index in [4.69, 9.17) is 19.7 Å². The number of nitrogen functional groups attached to an aromatic ring is 1. The van der Waals surface area contributed by atoms with Crippen LogP contribution in [0, 0.1) is 0 Å². The lowest BCUT2D eigenvalue weighted by Crippen LogP contribution is -1.96. The van der Waals surface area contributed by atoms with Gasteiger partial charge in [0.1, 0.15) is 6.67 Å². The SMILES string of the molecule is COc1cc(CF)cc(-c2cnoc2N)c1OC. The zero-order chi connectivity index (χ0) is 13.1. The zero-order valence-electron chi connectivity index (χ0n) is 10.1.